The summed E-state index contributed by atoms with van der Waals surface area (Å²) in [6.45, 7) is 2.40. The van der Waals surface area contributed by atoms with Crippen LogP contribution >= 0.6 is 11.6 Å². The molecule has 6 nitrogen and oxygen atoms in total. The van der Waals surface area contributed by atoms with Gasteiger partial charge in [0.25, 0.3) is 5.91 Å². The molecule has 1 saturated carbocycles. The van der Waals surface area contributed by atoms with Gasteiger partial charge in [-0.15, -0.1) is 0 Å². The van der Waals surface area contributed by atoms with Crippen LogP contribution in [0.2, 0.25) is 5.02 Å². The van der Waals surface area contributed by atoms with Gasteiger partial charge in [0, 0.05) is 12.0 Å². The maximum atomic E-state index is 13.2. The normalized spacial score (nSPS) is 23.0. The zero-order valence-electron chi connectivity index (χ0n) is 20.5. The van der Waals surface area contributed by atoms with Gasteiger partial charge in [-0.3, -0.25) is 4.79 Å². The van der Waals surface area contributed by atoms with Gasteiger partial charge < -0.3 is 9.47 Å². The molecule has 0 radical (unpaired) electrons. The van der Waals surface area contributed by atoms with Gasteiger partial charge in [-0.25, -0.2) is 4.79 Å². The summed E-state index contributed by atoms with van der Waals surface area (Å²) >= 11 is 6.52. The molecule has 1 aliphatic carbocycles. The molecule has 1 amide bonds. The number of carbonyl (C=O) groups is 2. The minimum absolute atomic E-state index is 0.126. The van der Waals surface area contributed by atoms with Gasteiger partial charge in [0.05, 0.1) is 22.0 Å². The molecule has 2 aromatic rings. The Labute approximate surface area is 216 Å². The first-order valence-electron chi connectivity index (χ1n) is 12.8. The minimum atomic E-state index is -0.549. The Morgan fingerprint density at radius 1 is 1.08 bits per heavy atom. The molecule has 2 heterocycles. The number of amides is 1. The molecular formula is C29H31ClN2O4. The van der Waals surface area contributed by atoms with E-state index in [4.69, 9.17) is 21.1 Å². The molecule has 7 heteroatoms. The van der Waals surface area contributed by atoms with Crippen LogP contribution in [0.4, 0.5) is 5.69 Å². The predicted octanol–water partition coefficient (Wildman–Crippen LogP) is 6.57. The SMILES string of the molecule is CC1=NN(c2ccccc2)C(=O)/C1=C/c1ccc(OC(=O)C2OCCC23CCCCCCC3)c(Cl)c1. The molecule has 2 aliphatic heterocycles. The lowest BCUT2D eigenvalue weighted by molar-refractivity contribution is -0.150. The summed E-state index contributed by atoms with van der Waals surface area (Å²) < 4.78 is 11.7. The number of para-hydroxylation sites is 1. The number of ether oxygens (including phenoxy) is 2. The van der Waals surface area contributed by atoms with Crippen molar-refractivity contribution < 1.29 is 19.1 Å². The van der Waals surface area contributed by atoms with E-state index in [0.717, 1.165) is 37.7 Å². The fourth-order valence-electron chi connectivity index (χ4n) is 5.57. The molecule has 36 heavy (non-hydrogen) atoms. The van der Waals surface area contributed by atoms with Crippen LogP contribution in [0.25, 0.3) is 6.08 Å². The van der Waals surface area contributed by atoms with E-state index in [-0.39, 0.29) is 17.3 Å². The first kappa shape index (κ1) is 24.7. The third-order valence-electron chi connectivity index (χ3n) is 7.54. The van der Waals surface area contributed by atoms with Crippen molar-refractivity contribution in [2.45, 2.75) is 64.4 Å². The summed E-state index contributed by atoms with van der Waals surface area (Å²) in [5.74, 6) is -0.268. The molecular weight excluding hydrogens is 476 g/mol. The van der Waals surface area contributed by atoms with E-state index in [2.05, 4.69) is 5.10 Å². The van der Waals surface area contributed by atoms with Crippen LogP contribution in [0.1, 0.15) is 63.9 Å². The van der Waals surface area contributed by atoms with E-state index in [1.54, 1.807) is 31.2 Å². The van der Waals surface area contributed by atoms with Gasteiger partial charge in [-0.05, 0) is 62.1 Å². The lowest BCUT2D eigenvalue weighted by atomic mass is 9.71. The Bertz CT molecular complexity index is 1200. The van der Waals surface area contributed by atoms with Crippen molar-refractivity contribution in [1.82, 2.24) is 0 Å². The van der Waals surface area contributed by atoms with Crippen LogP contribution in [0.15, 0.2) is 59.2 Å². The molecule has 1 atom stereocenters. The molecule has 5 rings (SSSR count). The third kappa shape index (κ3) is 4.97. The molecule has 1 spiro atoms. The van der Waals surface area contributed by atoms with Crippen LogP contribution in [0, 0.1) is 5.41 Å². The fraction of sp³-hybridized carbons (Fsp3) is 0.414. The van der Waals surface area contributed by atoms with Gasteiger partial charge in [0.1, 0.15) is 5.75 Å². The van der Waals surface area contributed by atoms with Crippen molar-refractivity contribution >= 4 is 41.0 Å². The summed E-state index contributed by atoms with van der Waals surface area (Å²) in [6, 6.07) is 14.5. The largest absolute Gasteiger partial charge is 0.423 e. The van der Waals surface area contributed by atoms with Crippen molar-refractivity contribution in [3.63, 3.8) is 0 Å². The lowest BCUT2D eigenvalue weighted by Gasteiger charge is -2.34. The number of benzene rings is 2. The second-order valence-corrected chi connectivity index (χ2v) is 10.3. The second kappa shape index (κ2) is 10.6. The Hall–Kier alpha value is -2.96. The maximum absolute atomic E-state index is 13.2. The number of hydrogen-bond acceptors (Lipinski definition) is 5. The highest BCUT2D eigenvalue weighted by atomic mass is 35.5. The number of anilines is 1. The predicted molar refractivity (Wildman–Crippen MR) is 141 cm³/mol. The average molecular weight is 507 g/mol. The van der Waals surface area contributed by atoms with E-state index in [9.17, 15) is 9.59 Å². The van der Waals surface area contributed by atoms with Crippen molar-refractivity contribution in [2.24, 2.45) is 10.5 Å². The summed E-state index contributed by atoms with van der Waals surface area (Å²) in [5.41, 5.74) is 2.42. The molecule has 1 unspecified atom stereocenters. The first-order valence-corrected chi connectivity index (χ1v) is 13.1. The Morgan fingerprint density at radius 2 is 1.81 bits per heavy atom. The number of hydrazone groups is 1. The maximum Gasteiger partial charge on any atom is 0.341 e. The summed E-state index contributed by atoms with van der Waals surface area (Å²) in [7, 11) is 0. The van der Waals surface area contributed by atoms with Gasteiger partial charge in [-0.1, -0.05) is 68.0 Å². The van der Waals surface area contributed by atoms with E-state index in [1.165, 1.54) is 24.3 Å². The van der Waals surface area contributed by atoms with Crippen LogP contribution in [-0.4, -0.2) is 30.3 Å². The molecule has 1 saturated heterocycles. The summed E-state index contributed by atoms with van der Waals surface area (Å²) in [5, 5.41) is 6.11. The molecule has 0 bridgehead atoms. The molecule has 0 aromatic heterocycles. The Morgan fingerprint density at radius 3 is 2.53 bits per heavy atom. The van der Waals surface area contributed by atoms with E-state index < -0.39 is 6.10 Å². The van der Waals surface area contributed by atoms with E-state index in [0.29, 0.717) is 34.4 Å². The minimum Gasteiger partial charge on any atom is -0.423 e. The van der Waals surface area contributed by atoms with E-state index in [1.807, 2.05) is 30.3 Å². The van der Waals surface area contributed by atoms with Gasteiger partial charge in [0.2, 0.25) is 0 Å². The quantitative estimate of drug-likeness (QED) is 0.267. The number of nitrogens with zero attached hydrogens (tertiary/aromatic N) is 2. The van der Waals surface area contributed by atoms with Crippen molar-refractivity contribution in [2.75, 3.05) is 11.6 Å². The average Bonchev–Trinajstić information content (AvgIpc) is 3.41. The molecule has 188 valence electrons. The Balaban J connectivity index is 1.30. The number of rotatable bonds is 4. The van der Waals surface area contributed by atoms with Gasteiger partial charge >= 0.3 is 5.97 Å². The first-order chi connectivity index (χ1) is 17.5. The Kier molecular flexibility index (Phi) is 7.26. The highest BCUT2D eigenvalue weighted by Gasteiger charge is 2.48. The van der Waals surface area contributed by atoms with Crippen molar-refractivity contribution in [3.05, 3.63) is 64.7 Å². The topological polar surface area (TPSA) is 68.2 Å². The summed E-state index contributed by atoms with van der Waals surface area (Å²) in [4.78, 5) is 26.2. The smallest absolute Gasteiger partial charge is 0.341 e. The second-order valence-electron chi connectivity index (χ2n) is 9.94. The highest BCUT2D eigenvalue weighted by Crippen LogP contribution is 2.46. The standard InChI is InChI=1S/C29H31ClN2O4/c1-20-23(27(33)32(31-20)22-10-6-5-7-11-22)18-21-12-13-25(24(30)19-21)36-28(34)26-29(16-17-35-26)14-8-3-2-4-9-15-29/h5-7,10-13,18-19,26H,2-4,8-9,14-17H2,1H3/b23-18+. The van der Waals surface area contributed by atoms with Crippen LogP contribution in [0.3, 0.4) is 0 Å². The zero-order valence-corrected chi connectivity index (χ0v) is 21.3. The fourth-order valence-corrected chi connectivity index (χ4v) is 5.80. The van der Waals surface area contributed by atoms with Crippen molar-refractivity contribution in [1.29, 1.82) is 0 Å². The molecule has 0 N–H and O–H groups in total. The van der Waals surface area contributed by atoms with E-state index >= 15 is 0 Å². The number of carbonyl (C=O) groups excluding carboxylic acids is 2. The number of esters is 1. The lowest BCUT2D eigenvalue weighted by Crippen LogP contribution is -2.40. The number of hydrogen-bond donors (Lipinski definition) is 0. The zero-order chi connectivity index (χ0) is 25.1. The summed E-state index contributed by atoms with van der Waals surface area (Å²) in [6.07, 6.45) is 10.1. The van der Waals surface area contributed by atoms with Crippen LogP contribution < -0.4 is 9.75 Å². The van der Waals surface area contributed by atoms with Gasteiger partial charge in [0.15, 0.2) is 6.10 Å². The number of halogens is 1. The van der Waals surface area contributed by atoms with Crippen LogP contribution in [0.5, 0.6) is 5.75 Å². The molecule has 3 aliphatic rings. The third-order valence-corrected chi connectivity index (χ3v) is 7.84. The molecule has 2 aromatic carbocycles. The van der Waals surface area contributed by atoms with Gasteiger partial charge in [-0.2, -0.15) is 10.1 Å². The highest BCUT2D eigenvalue weighted by molar-refractivity contribution is 6.33. The molecule has 2 fully saturated rings. The van der Waals surface area contributed by atoms with Crippen molar-refractivity contribution in [3.8, 4) is 5.75 Å². The monoisotopic (exact) mass is 506 g/mol. The van der Waals surface area contributed by atoms with Crippen LogP contribution in [-0.2, 0) is 14.3 Å².